The van der Waals surface area contributed by atoms with Crippen LogP contribution in [0.25, 0.3) is 11.3 Å². The SMILES string of the molecule is COc1ccc(-c2cnn(C3CC(C=O)C3)c2)nc1. The molecule has 98 valence electrons. The van der Waals surface area contributed by atoms with Gasteiger partial charge < -0.3 is 9.53 Å². The molecule has 19 heavy (non-hydrogen) atoms. The largest absolute Gasteiger partial charge is 0.495 e. The second kappa shape index (κ2) is 4.84. The molecule has 1 aliphatic rings. The molecule has 2 aromatic heterocycles. The lowest BCUT2D eigenvalue weighted by Gasteiger charge is -2.31. The highest BCUT2D eigenvalue weighted by Gasteiger charge is 2.30. The van der Waals surface area contributed by atoms with Crippen LogP contribution in [-0.4, -0.2) is 28.2 Å². The van der Waals surface area contributed by atoms with Gasteiger partial charge in [0.2, 0.25) is 0 Å². The highest BCUT2D eigenvalue weighted by Crippen LogP contribution is 2.36. The fourth-order valence-corrected chi connectivity index (χ4v) is 2.30. The molecule has 5 nitrogen and oxygen atoms in total. The van der Waals surface area contributed by atoms with Crippen molar-refractivity contribution in [1.82, 2.24) is 14.8 Å². The van der Waals surface area contributed by atoms with Crippen LogP contribution >= 0.6 is 0 Å². The number of ether oxygens (including phenoxy) is 1. The first-order chi connectivity index (χ1) is 9.30. The quantitative estimate of drug-likeness (QED) is 0.787. The minimum atomic E-state index is 0.205. The lowest BCUT2D eigenvalue weighted by molar-refractivity contribution is -0.114. The lowest BCUT2D eigenvalue weighted by Crippen LogP contribution is -2.27. The molecular formula is C14H15N3O2. The van der Waals surface area contributed by atoms with Gasteiger partial charge in [-0.25, -0.2) is 0 Å². The molecule has 0 unspecified atom stereocenters. The molecule has 3 rings (SSSR count). The zero-order chi connectivity index (χ0) is 13.2. The summed E-state index contributed by atoms with van der Waals surface area (Å²) in [5.74, 6) is 0.945. The second-order valence-electron chi connectivity index (χ2n) is 4.81. The summed E-state index contributed by atoms with van der Waals surface area (Å²) in [5, 5.41) is 4.36. The number of hydrogen-bond donors (Lipinski definition) is 0. The van der Waals surface area contributed by atoms with Gasteiger partial charge in [-0.15, -0.1) is 0 Å². The highest BCUT2D eigenvalue weighted by atomic mass is 16.5. The summed E-state index contributed by atoms with van der Waals surface area (Å²) in [4.78, 5) is 14.9. The third-order valence-electron chi connectivity index (χ3n) is 3.59. The zero-order valence-corrected chi connectivity index (χ0v) is 10.7. The maximum Gasteiger partial charge on any atom is 0.137 e. The number of pyridine rings is 1. The number of carbonyl (C=O) groups is 1. The third-order valence-corrected chi connectivity index (χ3v) is 3.59. The van der Waals surface area contributed by atoms with Crippen LogP contribution in [-0.2, 0) is 4.79 Å². The van der Waals surface area contributed by atoms with Crippen molar-refractivity contribution in [2.24, 2.45) is 5.92 Å². The van der Waals surface area contributed by atoms with E-state index in [2.05, 4.69) is 10.1 Å². The smallest absolute Gasteiger partial charge is 0.137 e. The van der Waals surface area contributed by atoms with Gasteiger partial charge in [-0.1, -0.05) is 0 Å². The van der Waals surface area contributed by atoms with Gasteiger partial charge in [0.1, 0.15) is 12.0 Å². The fraction of sp³-hybridized carbons (Fsp3) is 0.357. The Hall–Kier alpha value is -2.17. The Kier molecular flexibility index (Phi) is 3.03. The highest BCUT2D eigenvalue weighted by molar-refractivity contribution is 5.58. The molecule has 1 aliphatic carbocycles. The summed E-state index contributed by atoms with van der Waals surface area (Å²) in [6.07, 6.45) is 8.30. The number of methoxy groups -OCH3 is 1. The maximum atomic E-state index is 10.6. The number of carbonyl (C=O) groups excluding carboxylic acids is 1. The van der Waals surface area contributed by atoms with Crippen molar-refractivity contribution in [2.45, 2.75) is 18.9 Å². The van der Waals surface area contributed by atoms with E-state index in [1.54, 1.807) is 13.3 Å². The van der Waals surface area contributed by atoms with E-state index in [1.165, 1.54) is 0 Å². The Morgan fingerprint density at radius 3 is 2.84 bits per heavy atom. The van der Waals surface area contributed by atoms with Gasteiger partial charge in [0.15, 0.2) is 0 Å². The van der Waals surface area contributed by atoms with E-state index < -0.39 is 0 Å². The van der Waals surface area contributed by atoms with Crippen LogP contribution in [0.4, 0.5) is 0 Å². The predicted octanol–water partition coefficient (Wildman–Crippen LogP) is 2.10. The van der Waals surface area contributed by atoms with E-state index in [9.17, 15) is 4.79 Å². The Morgan fingerprint density at radius 1 is 1.37 bits per heavy atom. The van der Waals surface area contributed by atoms with E-state index >= 15 is 0 Å². The van der Waals surface area contributed by atoms with E-state index in [-0.39, 0.29) is 5.92 Å². The molecule has 1 fully saturated rings. The number of aldehydes is 1. The Morgan fingerprint density at radius 2 is 2.21 bits per heavy atom. The predicted molar refractivity (Wildman–Crippen MR) is 69.8 cm³/mol. The number of nitrogens with zero attached hydrogens (tertiary/aromatic N) is 3. The molecule has 0 aliphatic heterocycles. The molecule has 5 heteroatoms. The lowest BCUT2D eigenvalue weighted by atomic mass is 9.81. The van der Waals surface area contributed by atoms with Gasteiger partial charge in [-0.3, -0.25) is 9.67 Å². The third kappa shape index (κ3) is 2.23. The standard InChI is InChI=1S/C14H15N3O2/c1-19-13-2-3-14(15-7-13)11-6-16-17(8-11)12-4-10(5-12)9-18/h2-3,6-10,12H,4-5H2,1H3. The first-order valence-corrected chi connectivity index (χ1v) is 6.30. The Labute approximate surface area is 111 Å². The van der Waals surface area contributed by atoms with Crippen LogP contribution in [0.3, 0.4) is 0 Å². The van der Waals surface area contributed by atoms with Crippen LogP contribution in [0.1, 0.15) is 18.9 Å². The van der Waals surface area contributed by atoms with Crippen LogP contribution in [0.5, 0.6) is 5.75 Å². The van der Waals surface area contributed by atoms with Gasteiger partial charge in [0.05, 0.1) is 31.2 Å². The minimum Gasteiger partial charge on any atom is -0.495 e. The summed E-state index contributed by atoms with van der Waals surface area (Å²) in [5.41, 5.74) is 1.86. The van der Waals surface area contributed by atoms with Crippen molar-refractivity contribution in [3.8, 4) is 17.0 Å². The van der Waals surface area contributed by atoms with Crippen molar-refractivity contribution in [1.29, 1.82) is 0 Å². The van der Waals surface area contributed by atoms with Gasteiger partial charge in [0.25, 0.3) is 0 Å². The normalized spacial score (nSPS) is 21.7. The Balaban J connectivity index is 1.75. The average Bonchev–Trinajstić information content (AvgIpc) is 2.87. The molecule has 0 atom stereocenters. The summed E-state index contributed by atoms with van der Waals surface area (Å²) < 4.78 is 7.01. The Bertz CT molecular complexity index is 571. The van der Waals surface area contributed by atoms with Gasteiger partial charge in [0, 0.05) is 17.7 Å². The second-order valence-corrected chi connectivity index (χ2v) is 4.81. The molecule has 0 spiro atoms. The summed E-state index contributed by atoms with van der Waals surface area (Å²) in [6, 6.07) is 4.14. The molecule has 0 radical (unpaired) electrons. The summed E-state index contributed by atoms with van der Waals surface area (Å²) in [7, 11) is 1.62. The van der Waals surface area contributed by atoms with Crippen molar-refractivity contribution >= 4 is 6.29 Å². The number of rotatable bonds is 4. The van der Waals surface area contributed by atoms with Crippen LogP contribution in [0, 0.1) is 5.92 Å². The number of aromatic nitrogens is 3. The molecule has 0 saturated heterocycles. The van der Waals surface area contributed by atoms with Crippen LogP contribution < -0.4 is 4.74 Å². The van der Waals surface area contributed by atoms with Gasteiger partial charge in [-0.05, 0) is 25.0 Å². The average molecular weight is 257 g/mol. The molecule has 1 saturated carbocycles. The van der Waals surface area contributed by atoms with Crippen molar-refractivity contribution < 1.29 is 9.53 Å². The van der Waals surface area contributed by atoms with E-state index in [1.807, 2.05) is 29.2 Å². The molecule has 2 aromatic rings. The molecule has 2 heterocycles. The summed E-state index contributed by atoms with van der Waals surface area (Å²) in [6.45, 7) is 0. The molecule has 0 N–H and O–H groups in total. The maximum absolute atomic E-state index is 10.6. The summed E-state index contributed by atoms with van der Waals surface area (Å²) >= 11 is 0. The minimum absolute atomic E-state index is 0.205. The van der Waals surface area contributed by atoms with Crippen molar-refractivity contribution in [2.75, 3.05) is 7.11 Å². The van der Waals surface area contributed by atoms with E-state index in [4.69, 9.17) is 4.74 Å². The number of hydrogen-bond acceptors (Lipinski definition) is 4. The van der Waals surface area contributed by atoms with E-state index in [0.717, 1.165) is 36.1 Å². The molecule has 0 amide bonds. The van der Waals surface area contributed by atoms with Crippen molar-refractivity contribution in [3.63, 3.8) is 0 Å². The monoisotopic (exact) mass is 257 g/mol. The topological polar surface area (TPSA) is 57.0 Å². The molecular weight excluding hydrogens is 242 g/mol. The zero-order valence-electron chi connectivity index (χ0n) is 10.7. The van der Waals surface area contributed by atoms with Crippen LogP contribution in [0.2, 0.25) is 0 Å². The first-order valence-electron chi connectivity index (χ1n) is 6.30. The van der Waals surface area contributed by atoms with Crippen LogP contribution in [0.15, 0.2) is 30.7 Å². The van der Waals surface area contributed by atoms with E-state index in [0.29, 0.717) is 6.04 Å². The first kappa shape index (κ1) is 11.9. The van der Waals surface area contributed by atoms with Gasteiger partial charge in [-0.2, -0.15) is 5.10 Å². The molecule has 0 aromatic carbocycles. The van der Waals surface area contributed by atoms with Crippen molar-refractivity contribution in [3.05, 3.63) is 30.7 Å². The van der Waals surface area contributed by atoms with Gasteiger partial charge >= 0.3 is 0 Å². The fourth-order valence-electron chi connectivity index (χ4n) is 2.30. The molecule has 0 bridgehead atoms.